The highest BCUT2D eigenvalue weighted by Crippen LogP contribution is 2.23. The summed E-state index contributed by atoms with van der Waals surface area (Å²) in [7, 11) is 0. The lowest BCUT2D eigenvalue weighted by Crippen LogP contribution is -2.30. The quantitative estimate of drug-likeness (QED) is 0.727. The van der Waals surface area contributed by atoms with Crippen molar-refractivity contribution in [3.05, 3.63) is 40.9 Å². The number of benzene rings is 1. The van der Waals surface area contributed by atoms with Gasteiger partial charge in [0.1, 0.15) is 5.69 Å². The van der Waals surface area contributed by atoms with Crippen molar-refractivity contribution >= 4 is 34.1 Å². The maximum atomic E-state index is 12.2. The SMILES string of the molecule is Cc1ccc(NC(=O)Nc2nc(C(=O)NCC3CCCCC3)cs2)cc1. The molecule has 0 aliphatic heterocycles. The fourth-order valence-corrected chi connectivity index (χ4v) is 3.74. The van der Waals surface area contributed by atoms with Gasteiger partial charge < -0.3 is 10.6 Å². The van der Waals surface area contributed by atoms with Crippen LogP contribution >= 0.6 is 11.3 Å². The van der Waals surface area contributed by atoms with E-state index >= 15 is 0 Å². The van der Waals surface area contributed by atoms with Crippen molar-refractivity contribution in [1.29, 1.82) is 0 Å². The summed E-state index contributed by atoms with van der Waals surface area (Å²) in [5.41, 5.74) is 2.17. The van der Waals surface area contributed by atoms with E-state index in [1.165, 1.54) is 43.4 Å². The number of hydrogen-bond donors (Lipinski definition) is 3. The summed E-state index contributed by atoms with van der Waals surface area (Å²) in [5, 5.41) is 10.4. The lowest BCUT2D eigenvalue weighted by molar-refractivity contribution is 0.0939. The van der Waals surface area contributed by atoms with E-state index in [-0.39, 0.29) is 11.9 Å². The first-order chi connectivity index (χ1) is 12.6. The van der Waals surface area contributed by atoms with Crippen LogP contribution in [-0.4, -0.2) is 23.5 Å². The zero-order chi connectivity index (χ0) is 18.4. The monoisotopic (exact) mass is 372 g/mol. The Kier molecular flexibility index (Phi) is 6.22. The van der Waals surface area contributed by atoms with Gasteiger partial charge in [-0.2, -0.15) is 0 Å². The fourth-order valence-electron chi connectivity index (χ4n) is 3.05. The van der Waals surface area contributed by atoms with Crippen LogP contribution in [0.1, 0.15) is 48.2 Å². The van der Waals surface area contributed by atoms with E-state index in [2.05, 4.69) is 20.9 Å². The van der Waals surface area contributed by atoms with Crippen LogP contribution in [-0.2, 0) is 0 Å². The third-order valence-corrected chi connectivity index (χ3v) is 5.30. The molecule has 3 N–H and O–H groups in total. The second kappa shape index (κ2) is 8.80. The number of urea groups is 1. The zero-order valence-electron chi connectivity index (χ0n) is 14.9. The number of carbonyl (C=O) groups is 2. The summed E-state index contributed by atoms with van der Waals surface area (Å²) in [6, 6.07) is 7.14. The molecule has 2 aromatic rings. The Balaban J connectivity index is 1.47. The van der Waals surface area contributed by atoms with Gasteiger partial charge in [-0.25, -0.2) is 9.78 Å². The Morgan fingerprint density at radius 3 is 2.58 bits per heavy atom. The van der Waals surface area contributed by atoms with Crippen LogP contribution < -0.4 is 16.0 Å². The Labute approximate surface area is 157 Å². The van der Waals surface area contributed by atoms with Crippen LogP contribution in [0.5, 0.6) is 0 Å². The normalized spacial score (nSPS) is 14.7. The average molecular weight is 372 g/mol. The smallest absolute Gasteiger partial charge is 0.325 e. The average Bonchev–Trinajstić information content (AvgIpc) is 3.11. The van der Waals surface area contributed by atoms with Gasteiger partial charge in [0.15, 0.2) is 5.13 Å². The summed E-state index contributed by atoms with van der Waals surface area (Å²) in [6.07, 6.45) is 6.17. The molecule has 7 heteroatoms. The van der Waals surface area contributed by atoms with Crippen molar-refractivity contribution in [3.63, 3.8) is 0 Å². The number of aromatic nitrogens is 1. The van der Waals surface area contributed by atoms with Gasteiger partial charge in [0.05, 0.1) is 0 Å². The van der Waals surface area contributed by atoms with Crippen LogP contribution in [0.15, 0.2) is 29.6 Å². The highest BCUT2D eigenvalue weighted by Gasteiger charge is 2.17. The minimum atomic E-state index is -0.377. The van der Waals surface area contributed by atoms with E-state index in [9.17, 15) is 9.59 Å². The molecule has 138 valence electrons. The first-order valence-electron chi connectivity index (χ1n) is 8.98. The Morgan fingerprint density at radius 1 is 1.12 bits per heavy atom. The Morgan fingerprint density at radius 2 is 1.85 bits per heavy atom. The van der Waals surface area contributed by atoms with E-state index in [1.807, 2.05) is 31.2 Å². The van der Waals surface area contributed by atoms with Gasteiger partial charge in [-0.3, -0.25) is 10.1 Å². The van der Waals surface area contributed by atoms with E-state index in [4.69, 9.17) is 0 Å². The third kappa shape index (κ3) is 5.29. The van der Waals surface area contributed by atoms with Gasteiger partial charge in [0.2, 0.25) is 0 Å². The van der Waals surface area contributed by atoms with Crippen molar-refractivity contribution in [1.82, 2.24) is 10.3 Å². The molecule has 1 saturated carbocycles. The molecule has 3 amide bonds. The lowest BCUT2D eigenvalue weighted by atomic mass is 9.89. The molecular weight excluding hydrogens is 348 g/mol. The molecule has 0 atom stereocenters. The summed E-state index contributed by atoms with van der Waals surface area (Å²) in [4.78, 5) is 28.4. The molecular formula is C19H24N4O2S. The molecule has 1 aromatic carbocycles. The number of rotatable bonds is 5. The fraction of sp³-hybridized carbons (Fsp3) is 0.421. The topological polar surface area (TPSA) is 83.1 Å². The molecule has 6 nitrogen and oxygen atoms in total. The van der Waals surface area contributed by atoms with E-state index in [1.54, 1.807) is 5.38 Å². The molecule has 1 aliphatic carbocycles. The molecule has 1 heterocycles. The van der Waals surface area contributed by atoms with Crippen molar-refractivity contribution in [2.24, 2.45) is 5.92 Å². The molecule has 0 saturated heterocycles. The van der Waals surface area contributed by atoms with Crippen LogP contribution in [0.4, 0.5) is 15.6 Å². The number of nitrogens with zero attached hydrogens (tertiary/aromatic N) is 1. The van der Waals surface area contributed by atoms with Crippen molar-refractivity contribution < 1.29 is 9.59 Å². The van der Waals surface area contributed by atoms with Gasteiger partial charge in [-0.05, 0) is 37.8 Å². The number of amides is 3. The number of aryl methyl sites for hydroxylation is 1. The van der Waals surface area contributed by atoms with Gasteiger partial charge in [-0.15, -0.1) is 11.3 Å². The molecule has 3 rings (SSSR count). The number of thiazole rings is 1. The number of carbonyl (C=O) groups excluding carboxylic acids is 2. The Bertz CT molecular complexity index is 751. The van der Waals surface area contributed by atoms with Crippen molar-refractivity contribution in [2.75, 3.05) is 17.2 Å². The molecule has 0 unspecified atom stereocenters. The van der Waals surface area contributed by atoms with E-state index in [0.29, 0.717) is 29.0 Å². The summed E-state index contributed by atoms with van der Waals surface area (Å²) >= 11 is 1.24. The molecule has 26 heavy (non-hydrogen) atoms. The van der Waals surface area contributed by atoms with Crippen molar-refractivity contribution in [3.8, 4) is 0 Å². The van der Waals surface area contributed by atoms with E-state index < -0.39 is 0 Å². The second-order valence-electron chi connectivity index (χ2n) is 6.70. The largest absolute Gasteiger partial charge is 0.350 e. The minimum absolute atomic E-state index is 0.182. The number of anilines is 2. The lowest BCUT2D eigenvalue weighted by Gasteiger charge is -2.21. The van der Waals surface area contributed by atoms with Crippen LogP contribution in [0.25, 0.3) is 0 Å². The number of nitrogens with one attached hydrogen (secondary N) is 3. The molecule has 1 aliphatic rings. The van der Waals surface area contributed by atoms with Gasteiger partial charge in [-0.1, -0.05) is 37.0 Å². The Hall–Kier alpha value is -2.41. The van der Waals surface area contributed by atoms with Gasteiger partial charge in [0.25, 0.3) is 5.91 Å². The second-order valence-corrected chi connectivity index (χ2v) is 7.56. The highest BCUT2D eigenvalue weighted by atomic mass is 32.1. The minimum Gasteiger partial charge on any atom is -0.350 e. The summed E-state index contributed by atoms with van der Waals surface area (Å²) < 4.78 is 0. The molecule has 0 radical (unpaired) electrons. The number of hydrogen-bond acceptors (Lipinski definition) is 4. The predicted molar refractivity (Wildman–Crippen MR) is 105 cm³/mol. The van der Waals surface area contributed by atoms with Gasteiger partial charge in [0, 0.05) is 17.6 Å². The van der Waals surface area contributed by atoms with Crippen molar-refractivity contribution in [2.45, 2.75) is 39.0 Å². The van der Waals surface area contributed by atoms with Crippen LogP contribution in [0.2, 0.25) is 0 Å². The maximum absolute atomic E-state index is 12.2. The molecule has 0 spiro atoms. The standard InChI is InChI=1S/C19H24N4O2S/c1-13-7-9-15(10-8-13)21-18(25)23-19-22-16(12-26-19)17(24)20-11-14-5-3-2-4-6-14/h7-10,12,14H,2-6,11H2,1H3,(H,20,24)(H2,21,22,23,25). The van der Waals surface area contributed by atoms with Gasteiger partial charge >= 0.3 is 6.03 Å². The maximum Gasteiger partial charge on any atom is 0.325 e. The highest BCUT2D eigenvalue weighted by molar-refractivity contribution is 7.14. The van der Waals surface area contributed by atoms with E-state index in [0.717, 1.165) is 5.56 Å². The zero-order valence-corrected chi connectivity index (χ0v) is 15.7. The summed E-state index contributed by atoms with van der Waals surface area (Å²) in [5.74, 6) is 0.392. The first kappa shape index (κ1) is 18.4. The first-order valence-corrected chi connectivity index (χ1v) is 9.86. The predicted octanol–water partition coefficient (Wildman–Crippen LogP) is 4.41. The van der Waals surface area contributed by atoms with Crippen LogP contribution in [0.3, 0.4) is 0 Å². The summed E-state index contributed by atoms with van der Waals surface area (Å²) in [6.45, 7) is 2.69. The molecule has 0 bridgehead atoms. The molecule has 1 aromatic heterocycles. The third-order valence-electron chi connectivity index (χ3n) is 4.54. The molecule has 1 fully saturated rings. The van der Waals surface area contributed by atoms with Crippen LogP contribution in [0, 0.1) is 12.8 Å².